The maximum atomic E-state index is 12.7. The number of nitrogens with zero attached hydrogens (tertiary/aromatic N) is 1. The summed E-state index contributed by atoms with van der Waals surface area (Å²) in [7, 11) is 0. The third kappa shape index (κ3) is 3.03. The fourth-order valence-electron chi connectivity index (χ4n) is 2.73. The Morgan fingerprint density at radius 1 is 1.18 bits per heavy atom. The van der Waals surface area contributed by atoms with Gasteiger partial charge >= 0.3 is 0 Å². The first-order valence-corrected chi connectivity index (χ1v) is 7.48. The number of hydrogen-bond donors (Lipinski definition) is 0. The van der Waals surface area contributed by atoms with Gasteiger partial charge in [0.15, 0.2) is 0 Å². The molecule has 0 aromatic heterocycles. The zero-order valence-electron chi connectivity index (χ0n) is 12.5. The lowest BCUT2D eigenvalue weighted by Crippen LogP contribution is -2.35. The van der Waals surface area contributed by atoms with Gasteiger partial charge in [-0.3, -0.25) is 4.79 Å². The Bertz CT molecular complexity index is 693. The van der Waals surface area contributed by atoms with Crippen molar-refractivity contribution < 1.29 is 9.53 Å². The normalized spacial score (nSPS) is 13.4. The Kier molecular flexibility index (Phi) is 4.24. The molecular weight excluding hydrogens is 274 g/mol. The molecule has 0 bridgehead atoms. The van der Waals surface area contributed by atoms with Crippen molar-refractivity contribution in [2.45, 2.75) is 13.0 Å². The highest BCUT2D eigenvalue weighted by molar-refractivity contribution is 5.94. The molecule has 3 rings (SSSR count). The maximum Gasteiger partial charge on any atom is 0.254 e. The Morgan fingerprint density at radius 3 is 2.82 bits per heavy atom. The molecule has 2 aromatic rings. The summed E-state index contributed by atoms with van der Waals surface area (Å²) < 4.78 is 5.50. The van der Waals surface area contributed by atoms with Crippen LogP contribution in [0.5, 0.6) is 5.75 Å². The van der Waals surface area contributed by atoms with Crippen LogP contribution < -0.4 is 4.74 Å². The fraction of sp³-hybridized carbons (Fsp3) is 0.211. The molecule has 0 aliphatic carbocycles. The monoisotopic (exact) mass is 293 g/mol. The summed E-state index contributed by atoms with van der Waals surface area (Å²) in [6, 6.07) is 15.7. The van der Waals surface area contributed by atoms with Gasteiger partial charge in [0, 0.05) is 18.7 Å². The summed E-state index contributed by atoms with van der Waals surface area (Å²) in [5.41, 5.74) is 3.25. The minimum atomic E-state index is 0.0542. The van der Waals surface area contributed by atoms with Gasteiger partial charge in [0.2, 0.25) is 0 Å². The molecule has 3 heteroatoms. The largest absolute Gasteiger partial charge is 0.490 e. The number of amides is 1. The van der Waals surface area contributed by atoms with Gasteiger partial charge in [-0.25, -0.2) is 0 Å². The van der Waals surface area contributed by atoms with Crippen molar-refractivity contribution >= 4 is 5.91 Å². The van der Waals surface area contributed by atoms with Crippen molar-refractivity contribution in [3.05, 3.63) is 77.9 Å². The van der Waals surface area contributed by atoms with Crippen LogP contribution in [-0.4, -0.2) is 24.0 Å². The van der Waals surface area contributed by atoms with Crippen LogP contribution in [0.3, 0.4) is 0 Å². The van der Waals surface area contributed by atoms with Crippen LogP contribution >= 0.6 is 0 Å². The smallest absolute Gasteiger partial charge is 0.254 e. The molecule has 3 nitrogen and oxygen atoms in total. The predicted octanol–water partition coefficient (Wildman–Crippen LogP) is 3.45. The summed E-state index contributed by atoms with van der Waals surface area (Å²) in [4.78, 5) is 14.6. The van der Waals surface area contributed by atoms with Crippen molar-refractivity contribution in [2.24, 2.45) is 0 Å². The summed E-state index contributed by atoms with van der Waals surface area (Å²) in [5.74, 6) is 0.752. The molecule has 1 aliphatic rings. The fourth-order valence-corrected chi connectivity index (χ4v) is 2.73. The van der Waals surface area contributed by atoms with Crippen LogP contribution in [0.4, 0.5) is 0 Å². The van der Waals surface area contributed by atoms with Gasteiger partial charge < -0.3 is 9.64 Å². The van der Waals surface area contributed by atoms with Gasteiger partial charge in [0.05, 0.1) is 0 Å². The molecular formula is C19H19NO2. The van der Waals surface area contributed by atoms with Gasteiger partial charge in [0.1, 0.15) is 12.4 Å². The van der Waals surface area contributed by atoms with Crippen molar-refractivity contribution in [2.75, 3.05) is 13.2 Å². The van der Waals surface area contributed by atoms with Crippen LogP contribution in [0, 0.1) is 0 Å². The molecule has 0 unspecified atom stereocenters. The van der Waals surface area contributed by atoms with E-state index in [2.05, 4.69) is 24.8 Å². The van der Waals surface area contributed by atoms with E-state index in [0.29, 0.717) is 24.5 Å². The summed E-state index contributed by atoms with van der Waals surface area (Å²) >= 11 is 0. The van der Waals surface area contributed by atoms with E-state index in [1.807, 2.05) is 29.2 Å². The molecule has 0 spiro atoms. The topological polar surface area (TPSA) is 29.5 Å². The lowest BCUT2D eigenvalue weighted by Gasteiger charge is -2.29. The molecule has 1 heterocycles. The van der Waals surface area contributed by atoms with Gasteiger partial charge in [-0.1, -0.05) is 43.0 Å². The summed E-state index contributed by atoms with van der Waals surface area (Å²) in [6.07, 6.45) is 2.60. The molecule has 0 saturated heterocycles. The van der Waals surface area contributed by atoms with E-state index in [0.717, 1.165) is 13.0 Å². The van der Waals surface area contributed by atoms with E-state index in [9.17, 15) is 4.79 Å². The van der Waals surface area contributed by atoms with Crippen molar-refractivity contribution in [3.8, 4) is 5.75 Å². The molecule has 1 amide bonds. The highest BCUT2D eigenvalue weighted by Crippen LogP contribution is 2.21. The van der Waals surface area contributed by atoms with E-state index in [1.54, 1.807) is 12.1 Å². The zero-order chi connectivity index (χ0) is 15.4. The minimum absolute atomic E-state index is 0.0542. The quantitative estimate of drug-likeness (QED) is 0.808. The van der Waals surface area contributed by atoms with Crippen molar-refractivity contribution in [1.29, 1.82) is 0 Å². The number of carbonyl (C=O) groups is 1. The highest BCUT2D eigenvalue weighted by atomic mass is 16.5. The molecule has 0 atom stereocenters. The third-order valence-corrected chi connectivity index (χ3v) is 3.87. The average molecular weight is 293 g/mol. The Labute approximate surface area is 130 Å². The molecule has 1 aliphatic heterocycles. The van der Waals surface area contributed by atoms with Crippen LogP contribution in [0.25, 0.3) is 0 Å². The first kappa shape index (κ1) is 14.4. The molecule has 112 valence electrons. The lowest BCUT2D eigenvalue weighted by molar-refractivity contribution is 0.0734. The third-order valence-electron chi connectivity index (χ3n) is 3.87. The molecule has 2 aromatic carbocycles. The number of rotatable bonds is 4. The second kappa shape index (κ2) is 6.48. The Hall–Kier alpha value is -2.55. The highest BCUT2D eigenvalue weighted by Gasteiger charge is 2.21. The zero-order valence-corrected chi connectivity index (χ0v) is 12.5. The number of fused-ring (bicyclic) bond motifs is 1. The van der Waals surface area contributed by atoms with E-state index in [-0.39, 0.29) is 5.91 Å². The second-order valence-corrected chi connectivity index (χ2v) is 5.37. The number of ether oxygens (including phenoxy) is 1. The maximum absolute atomic E-state index is 12.7. The number of hydrogen-bond acceptors (Lipinski definition) is 2. The molecule has 0 radical (unpaired) electrons. The van der Waals surface area contributed by atoms with Crippen LogP contribution in [0.2, 0.25) is 0 Å². The number of carbonyl (C=O) groups excluding carboxylic acids is 1. The Balaban J connectivity index is 1.76. The molecule has 0 N–H and O–H groups in total. The first-order chi connectivity index (χ1) is 10.8. The minimum Gasteiger partial charge on any atom is -0.490 e. The average Bonchev–Trinajstić information content (AvgIpc) is 2.59. The Morgan fingerprint density at radius 2 is 2.00 bits per heavy atom. The van der Waals surface area contributed by atoms with Gasteiger partial charge in [-0.05, 0) is 35.7 Å². The van der Waals surface area contributed by atoms with Crippen LogP contribution in [0.15, 0.2) is 61.2 Å². The van der Waals surface area contributed by atoms with Gasteiger partial charge in [-0.2, -0.15) is 0 Å². The molecule has 22 heavy (non-hydrogen) atoms. The van der Waals surface area contributed by atoms with E-state index < -0.39 is 0 Å². The predicted molar refractivity (Wildman–Crippen MR) is 87.0 cm³/mol. The van der Waals surface area contributed by atoms with Crippen LogP contribution in [-0.2, 0) is 13.0 Å². The first-order valence-electron chi connectivity index (χ1n) is 7.48. The lowest BCUT2D eigenvalue weighted by atomic mass is 9.99. The molecule has 0 saturated carbocycles. The summed E-state index contributed by atoms with van der Waals surface area (Å²) in [6.45, 7) is 5.50. The second-order valence-electron chi connectivity index (χ2n) is 5.37. The van der Waals surface area contributed by atoms with Crippen LogP contribution in [0.1, 0.15) is 21.5 Å². The SMILES string of the molecule is C=CCOc1cccc(C(=O)N2CCc3ccccc3C2)c1. The van der Waals surface area contributed by atoms with E-state index in [1.165, 1.54) is 11.1 Å². The van der Waals surface area contributed by atoms with Gasteiger partial charge in [0.25, 0.3) is 5.91 Å². The van der Waals surface area contributed by atoms with Gasteiger partial charge in [-0.15, -0.1) is 0 Å². The van der Waals surface area contributed by atoms with E-state index >= 15 is 0 Å². The molecule has 0 fully saturated rings. The standard InChI is InChI=1S/C19H19NO2/c1-2-12-22-18-9-5-8-16(13-18)19(21)20-11-10-15-6-3-4-7-17(15)14-20/h2-9,13H,1,10-12,14H2. The van der Waals surface area contributed by atoms with Crippen molar-refractivity contribution in [1.82, 2.24) is 4.90 Å². The van der Waals surface area contributed by atoms with Crippen molar-refractivity contribution in [3.63, 3.8) is 0 Å². The summed E-state index contributed by atoms with van der Waals surface area (Å²) in [5, 5.41) is 0. The number of benzene rings is 2. The van der Waals surface area contributed by atoms with E-state index in [4.69, 9.17) is 4.74 Å².